The lowest BCUT2D eigenvalue weighted by atomic mass is 10.2. The summed E-state index contributed by atoms with van der Waals surface area (Å²) in [6.07, 6.45) is -4.53. The third-order valence-corrected chi connectivity index (χ3v) is 5.00. The van der Waals surface area contributed by atoms with Gasteiger partial charge < -0.3 is 0 Å². The topological polar surface area (TPSA) is 77.7 Å². The molecular weight excluding hydrogens is 357 g/mol. The van der Waals surface area contributed by atoms with Gasteiger partial charge in [0.25, 0.3) is 0 Å². The monoisotopic (exact) mass is 368 g/mol. The third kappa shape index (κ3) is 3.68. The van der Waals surface area contributed by atoms with Gasteiger partial charge in [-0.15, -0.1) is 5.10 Å². The Hall–Kier alpha value is -2.75. The van der Waals surface area contributed by atoms with E-state index in [9.17, 15) is 21.6 Å². The van der Waals surface area contributed by atoms with Gasteiger partial charge in [-0.1, -0.05) is 24.3 Å². The second-order valence-electron chi connectivity index (χ2n) is 5.13. The smallest absolute Gasteiger partial charge is 0.223 e. The molecule has 130 valence electrons. The van der Waals surface area contributed by atoms with Crippen molar-refractivity contribution >= 4 is 9.84 Å². The van der Waals surface area contributed by atoms with Crippen LogP contribution in [0.3, 0.4) is 0 Å². The first-order valence-electron chi connectivity index (χ1n) is 7.00. The Labute approximate surface area is 140 Å². The van der Waals surface area contributed by atoms with E-state index >= 15 is 0 Å². The van der Waals surface area contributed by atoms with Crippen LogP contribution in [0.4, 0.5) is 13.2 Å². The first kappa shape index (κ1) is 17.1. The fourth-order valence-corrected chi connectivity index (χ4v) is 3.45. The molecule has 3 rings (SSSR count). The molecule has 0 N–H and O–H groups in total. The van der Waals surface area contributed by atoms with Crippen LogP contribution in [0.15, 0.2) is 59.5 Å². The van der Waals surface area contributed by atoms with Gasteiger partial charge in [-0.25, -0.2) is 8.42 Å². The Morgan fingerprint density at radius 1 is 1.00 bits per heavy atom. The molecule has 0 bridgehead atoms. The molecule has 10 heteroatoms. The van der Waals surface area contributed by atoms with E-state index in [4.69, 9.17) is 0 Å². The first-order chi connectivity index (χ1) is 11.8. The van der Waals surface area contributed by atoms with Gasteiger partial charge in [0, 0.05) is 0 Å². The maximum absolute atomic E-state index is 12.8. The molecule has 1 aromatic heterocycles. The molecule has 0 fully saturated rings. The van der Waals surface area contributed by atoms with Crippen LogP contribution in [0.5, 0.6) is 0 Å². The highest BCUT2D eigenvalue weighted by Crippen LogP contribution is 2.30. The van der Waals surface area contributed by atoms with Crippen molar-refractivity contribution in [3.8, 4) is 5.69 Å². The van der Waals surface area contributed by atoms with Gasteiger partial charge in [0.05, 0.1) is 16.1 Å². The molecule has 0 aliphatic heterocycles. The van der Waals surface area contributed by atoms with Crippen LogP contribution in [0.2, 0.25) is 0 Å². The van der Waals surface area contributed by atoms with Crippen molar-refractivity contribution in [2.24, 2.45) is 0 Å². The Morgan fingerprint density at radius 3 is 2.40 bits per heavy atom. The van der Waals surface area contributed by atoms with Crippen LogP contribution < -0.4 is 0 Å². The van der Waals surface area contributed by atoms with Crippen LogP contribution >= 0.6 is 0 Å². The van der Waals surface area contributed by atoms with Gasteiger partial charge in [-0.05, 0) is 40.8 Å². The molecule has 1 heterocycles. The van der Waals surface area contributed by atoms with Crippen molar-refractivity contribution < 1.29 is 21.6 Å². The van der Waals surface area contributed by atoms with Crippen LogP contribution in [-0.4, -0.2) is 28.6 Å². The van der Waals surface area contributed by atoms with Crippen LogP contribution in [0, 0.1) is 0 Å². The van der Waals surface area contributed by atoms with Gasteiger partial charge >= 0.3 is 6.18 Å². The molecular formula is C15H11F3N4O2S. The van der Waals surface area contributed by atoms with E-state index in [-0.39, 0.29) is 16.4 Å². The zero-order chi connectivity index (χ0) is 18.1. The van der Waals surface area contributed by atoms with Crippen molar-refractivity contribution in [1.29, 1.82) is 0 Å². The Bertz CT molecular complexity index is 985. The number of rotatable bonds is 4. The zero-order valence-electron chi connectivity index (χ0n) is 12.6. The molecule has 6 nitrogen and oxygen atoms in total. The van der Waals surface area contributed by atoms with E-state index in [2.05, 4.69) is 15.5 Å². The minimum Gasteiger partial charge on any atom is -0.223 e. The van der Waals surface area contributed by atoms with Gasteiger partial charge in [0.2, 0.25) is 0 Å². The SMILES string of the molecule is O=S(=O)(Cc1nnnn1-c1cccc(C(F)(F)F)c1)c1ccccc1. The lowest BCUT2D eigenvalue weighted by Crippen LogP contribution is -2.12. The molecule has 0 saturated heterocycles. The molecule has 0 unspecified atom stereocenters. The lowest BCUT2D eigenvalue weighted by molar-refractivity contribution is -0.137. The third-order valence-electron chi connectivity index (χ3n) is 3.37. The van der Waals surface area contributed by atoms with Crippen molar-refractivity contribution in [2.75, 3.05) is 0 Å². The average Bonchev–Trinajstić information content (AvgIpc) is 3.02. The number of tetrazole rings is 1. The summed E-state index contributed by atoms with van der Waals surface area (Å²) in [5.74, 6) is -0.622. The summed E-state index contributed by atoms with van der Waals surface area (Å²) in [7, 11) is -3.74. The fourth-order valence-electron chi connectivity index (χ4n) is 2.19. The molecule has 3 aromatic rings. The highest BCUT2D eigenvalue weighted by molar-refractivity contribution is 7.90. The predicted octanol–water partition coefficient (Wildman–Crippen LogP) is 2.66. The number of nitrogens with zero attached hydrogens (tertiary/aromatic N) is 4. The van der Waals surface area contributed by atoms with E-state index in [0.717, 1.165) is 16.8 Å². The van der Waals surface area contributed by atoms with E-state index in [1.165, 1.54) is 24.3 Å². The minimum absolute atomic E-state index is 0.0260. The number of benzene rings is 2. The molecule has 0 aliphatic carbocycles. The number of alkyl halides is 3. The lowest BCUT2D eigenvalue weighted by Gasteiger charge is -2.10. The van der Waals surface area contributed by atoms with E-state index in [1.54, 1.807) is 18.2 Å². The molecule has 0 saturated carbocycles. The van der Waals surface area contributed by atoms with Crippen LogP contribution in [-0.2, 0) is 21.8 Å². The second kappa shape index (κ2) is 6.28. The summed E-state index contributed by atoms with van der Waals surface area (Å²) >= 11 is 0. The van der Waals surface area contributed by atoms with Gasteiger partial charge in [0.1, 0.15) is 5.75 Å². The predicted molar refractivity (Wildman–Crippen MR) is 81.5 cm³/mol. The fraction of sp³-hybridized carbons (Fsp3) is 0.133. The Morgan fingerprint density at radius 2 is 1.72 bits per heavy atom. The maximum Gasteiger partial charge on any atom is 0.416 e. The largest absolute Gasteiger partial charge is 0.416 e. The second-order valence-corrected chi connectivity index (χ2v) is 7.12. The van der Waals surface area contributed by atoms with Crippen LogP contribution in [0.1, 0.15) is 11.4 Å². The summed E-state index contributed by atoms with van der Waals surface area (Å²) in [6.45, 7) is 0. The number of aromatic nitrogens is 4. The van der Waals surface area contributed by atoms with E-state index < -0.39 is 27.3 Å². The standard InChI is InChI=1S/C15H11F3N4O2S/c16-15(17,18)11-5-4-6-12(9-11)22-14(19-20-21-22)10-25(23,24)13-7-2-1-3-8-13/h1-9H,10H2. The summed E-state index contributed by atoms with van der Waals surface area (Å²) in [5.41, 5.74) is -0.851. The van der Waals surface area contributed by atoms with Gasteiger partial charge in [-0.3, -0.25) is 0 Å². The molecule has 0 radical (unpaired) electrons. The van der Waals surface area contributed by atoms with Crippen molar-refractivity contribution in [3.05, 3.63) is 66.0 Å². The summed E-state index contributed by atoms with van der Waals surface area (Å²) in [4.78, 5) is 0.0774. The van der Waals surface area contributed by atoms with Crippen LogP contribution in [0.25, 0.3) is 5.69 Å². The zero-order valence-corrected chi connectivity index (χ0v) is 13.4. The average molecular weight is 368 g/mol. The minimum atomic E-state index is -4.53. The van der Waals surface area contributed by atoms with Crippen molar-refractivity contribution in [1.82, 2.24) is 20.2 Å². The summed E-state index contributed by atoms with van der Waals surface area (Å²) in [6, 6.07) is 12.0. The number of halogens is 3. The first-order valence-corrected chi connectivity index (χ1v) is 8.65. The van der Waals surface area contributed by atoms with Crippen molar-refractivity contribution in [2.45, 2.75) is 16.8 Å². The summed E-state index contributed by atoms with van der Waals surface area (Å²) in [5, 5.41) is 10.6. The molecule has 0 aliphatic rings. The van der Waals surface area contributed by atoms with E-state index in [0.29, 0.717) is 0 Å². The normalized spacial score (nSPS) is 12.3. The molecule has 2 aromatic carbocycles. The van der Waals surface area contributed by atoms with Crippen molar-refractivity contribution in [3.63, 3.8) is 0 Å². The van der Waals surface area contributed by atoms with Gasteiger partial charge in [0.15, 0.2) is 15.7 Å². The number of hydrogen-bond acceptors (Lipinski definition) is 5. The highest BCUT2D eigenvalue weighted by Gasteiger charge is 2.31. The quantitative estimate of drug-likeness (QED) is 0.708. The van der Waals surface area contributed by atoms with Gasteiger partial charge in [-0.2, -0.15) is 17.9 Å². The Balaban J connectivity index is 1.97. The molecule has 0 amide bonds. The van der Waals surface area contributed by atoms with E-state index in [1.807, 2.05) is 0 Å². The Kier molecular flexibility index (Phi) is 4.29. The summed E-state index contributed by atoms with van der Waals surface area (Å²) < 4.78 is 64.4. The molecule has 0 spiro atoms. The number of sulfone groups is 1. The molecule has 25 heavy (non-hydrogen) atoms. The highest BCUT2D eigenvalue weighted by atomic mass is 32.2. The molecule has 0 atom stereocenters. The maximum atomic E-state index is 12.8. The number of hydrogen-bond donors (Lipinski definition) is 0.